The summed E-state index contributed by atoms with van der Waals surface area (Å²) in [5.41, 5.74) is 4.18. The molecule has 4 aromatic rings. The van der Waals surface area contributed by atoms with E-state index >= 15 is 0 Å². The molecule has 0 saturated carbocycles. The van der Waals surface area contributed by atoms with E-state index in [1.54, 1.807) is 12.5 Å². The van der Waals surface area contributed by atoms with E-state index in [0.717, 1.165) is 29.8 Å². The minimum absolute atomic E-state index is 0.181. The molecule has 0 amide bonds. The molecule has 0 unspecified atom stereocenters. The molecule has 2 aromatic carbocycles. The van der Waals surface area contributed by atoms with Gasteiger partial charge in [-0.3, -0.25) is 0 Å². The van der Waals surface area contributed by atoms with Crippen LogP contribution in [-0.2, 0) is 35.8 Å². The highest BCUT2D eigenvalue weighted by molar-refractivity contribution is 5.60. The fourth-order valence-corrected chi connectivity index (χ4v) is 3.09. The Kier molecular flexibility index (Phi) is 6.25. The van der Waals surface area contributed by atoms with Crippen molar-refractivity contribution in [2.45, 2.75) is 26.3 Å². The first-order valence-corrected chi connectivity index (χ1v) is 9.76. The number of rotatable bonds is 8. The average molecular weight is 401 g/mol. The Morgan fingerprint density at radius 3 is 1.70 bits per heavy atom. The van der Waals surface area contributed by atoms with Gasteiger partial charge in [0.1, 0.15) is 13.2 Å². The van der Waals surface area contributed by atoms with Crippen molar-refractivity contribution in [1.29, 1.82) is 0 Å². The molecule has 30 heavy (non-hydrogen) atoms. The summed E-state index contributed by atoms with van der Waals surface area (Å²) in [6, 6.07) is 19.9. The molecule has 0 saturated heterocycles. The molecule has 152 valence electrons. The maximum atomic E-state index is 11.9. The molecule has 2 heterocycles. The third kappa shape index (κ3) is 5.61. The molecule has 6 nitrogen and oxygen atoms in total. The van der Waals surface area contributed by atoms with Gasteiger partial charge in [0.2, 0.25) is 0 Å². The second-order valence-electron chi connectivity index (χ2n) is 7.05. The van der Waals surface area contributed by atoms with Crippen molar-refractivity contribution >= 4 is 6.16 Å². The fraction of sp³-hybridized carbons (Fsp3) is 0.167. The quantitative estimate of drug-likeness (QED) is 0.404. The van der Waals surface area contributed by atoms with E-state index in [1.165, 1.54) is 5.56 Å². The Balaban J connectivity index is 1.19. The summed E-state index contributed by atoms with van der Waals surface area (Å²) in [4.78, 5) is 15.9. The second-order valence-corrected chi connectivity index (χ2v) is 7.05. The van der Waals surface area contributed by atoms with Crippen LogP contribution in [0, 0.1) is 0 Å². The van der Waals surface area contributed by atoms with Gasteiger partial charge in [-0.25, -0.2) is 9.78 Å². The van der Waals surface area contributed by atoms with Crippen LogP contribution in [0.15, 0.2) is 91.8 Å². The molecule has 0 aliphatic carbocycles. The molecule has 0 atom stereocenters. The summed E-state index contributed by atoms with van der Waals surface area (Å²) in [5, 5.41) is 0. The SMILES string of the molecule is O=C(OCc1ccc(Cn2cccc2)cc1)OCc1ccc(Cn2ccnc2)cc1. The highest BCUT2D eigenvalue weighted by atomic mass is 16.7. The number of imidazole rings is 1. The van der Waals surface area contributed by atoms with Gasteiger partial charge in [-0.1, -0.05) is 48.5 Å². The van der Waals surface area contributed by atoms with E-state index in [4.69, 9.17) is 9.47 Å². The summed E-state index contributed by atoms with van der Waals surface area (Å²) < 4.78 is 14.5. The normalized spacial score (nSPS) is 10.7. The second kappa shape index (κ2) is 9.60. The van der Waals surface area contributed by atoms with E-state index in [1.807, 2.05) is 83.8 Å². The Bertz CT molecular complexity index is 953. The average Bonchev–Trinajstić information content (AvgIpc) is 3.47. The Morgan fingerprint density at radius 2 is 1.20 bits per heavy atom. The molecule has 0 fully saturated rings. The number of aromatic nitrogens is 3. The number of hydrogen-bond acceptors (Lipinski definition) is 4. The van der Waals surface area contributed by atoms with Gasteiger partial charge in [0.05, 0.1) is 6.33 Å². The monoisotopic (exact) mass is 401 g/mol. The van der Waals surface area contributed by atoms with Crippen LogP contribution in [0.5, 0.6) is 0 Å². The van der Waals surface area contributed by atoms with Crippen LogP contribution in [0.25, 0.3) is 0 Å². The molecule has 0 spiro atoms. The van der Waals surface area contributed by atoms with E-state index in [9.17, 15) is 4.79 Å². The first-order chi connectivity index (χ1) is 14.7. The molecule has 0 bridgehead atoms. The topological polar surface area (TPSA) is 58.3 Å². The zero-order chi connectivity index (χ0) is 20.6. The molecular weight excluding hydrogens is 378 g/mol. The third-order valence-corrected chi connectivity index (χ3v) is 4.71. The highest BCUT2D eigenvalue weighted by Gasteiger charge is 2.06. The van der Waals surface area contributed by atoms with Crippen LogP contribution in [0.1, 0.15) is 22.3 Å². The number of ether oxygens (including phenoxy) is 2. The van der Waals surface area contributed by atoms with Gasteiger partial charge in [0.15, 0.2) is 0 Å². The van der Waals surface area contributed by atoms with Crippen molar-refractivity contribution in [3.63, 3.8) is 0 Å². The largest absolute Gasteiger partial charge is 0.508 e. The molecule has 4 rings (SSSR count). The van der Waals surface area contributed by atoms with Gasteiger partial charge >= 0.3 is 6.16 Å². The van der Waals surface area contributed by atoms with E-state index in [0.29, 0.717) is 0 Å². The molecule has 0 aliphatic heterocycles. The lowest BCUT2D eigenvalue weighted by Gasteiger charge is -2.08. The van der Waals surface area contributed by atoms with Crippen molar-refractivity contribution < 1.29 is 14.3 Å². The minimum atomic E-state index is -0.672. The van der Waals surface area contributed by atoms with Crippen molar-refractivity contribution in [2.24, 2.45) is 0 Å². The number of hydrogen-bond donors (Lipinski definition) is 0. The van der Waals surface area contributed by atoms with Crippen LogP contribution in [0.3, 0.4) is 0 Å². The van der Waals surface area contributed by atoms with Gasteiger partial charge in [-0.2, -0.15) is 0 Å². The molecule has 0 radical (unpaired) electrons. The molecule has 6 heteroatoms. The fourth-order valence-electron chi connectivity index (χ4n) is 3.09. The standard InChI is InChI=1S/C24H23N3O3/c28-24(29-17-22-7-3-20(4-8-22)15-26-12-1-2-13-26)30-18-23-9-5-21(6-10-23)16-27-14-11-25-19-27/h1-14,19H,15-18H2. The maximum Gasteiger partial charge on any atom is 0.508 e. The van der Waals surface area contributed by atoms with Crippen LogP contribution in [0.4, 0.5) is 4.79 Å². The maximum absolute atomic E-state index is 11.9. The summed E-state index contributed by atoms with van der Waals surface area (Å²) in [6.07, 6.45) is 8.84. The number of carbonyl (C=O) groups is 1. The van der Waals surface area contributed by atoms with Crippen molar-refractivity contribution in [2.75, 3.05) is 0 Å². The Labute approximate surface area is 175 Å². The van der Waals surface area contributed by atoms with Crippen LogP contribution < -0.4 is 0 Å². The Hall–Kier alpha value is -3.80. The van der Waals surface area contributed by atoms with Crippen molar-refractivity contribution in [1.82, 2.24) is 14.1 Å². The summed E-state index contributed by atoms with van der Waals surface area (Å²) >= 11 is 0. The molecular formula is C24H23N3O3. The first-order valence-electron chi connectivity index (χ1n) is 9.76. The molecule has 0 N–H and O–H groups in total. The number of nitrogens with zero attached hydrogens (tertiary/aromatic N) is 3. The summed E-state index contributed by atoms with van der Waals surface area (Å²) in [6.45, 7) is 1.94. The van der Waals surface area contributed by atoms with Crippen molar-refractivity contribution in [3.05, 3.63) is 114 Å². The third-order valence-electron chi connectivity index (χ3n) is 4.71. The zero-order valence-electron chi connectivity index (χ0n) is 16.6. The predicted octanol–water partition coefficient (Wildman–Crippen LogP) is 4.63. The highest BCUT2D eigenvalue weighted by Crippen LogP contribution is 2.10. The lowest BCUT2D eigenvalue weighted by atomic mass is 10.1. The first kappa shape index (κ1) is 19.5. The van der Waals surface area contributed by atoms with Gasteiger partial charge < -0.3 is 18.6 Å². The lowest BCUT2D eigenvalue weighted by molar-refractivity contribution is 0.0446. The van der Waals surface area contributed by atoms with Crippen LogP contribution in [0.2, 0.25) is 0 Å². The van der Waals surface area contributed by atoms with Crippen LogP contribution >= 0.6 is 0 Å². The van der Waals surface area contributed by atoms with Gasteiger partial charge in [-0.15, -0.1) is 0 Å². The van der Waals surface area contributed by atoms with E-state index < -0.39 is 6.16 Å². The zero-order valence-corrected chi connectivity index (χ0v) is 16.6. The van der Waals surface area contributed by atoms with E-state index in [2.05, 4.69) is 9.55 Å². The minimum Gasteiger partial charge on any atom is -0.429 e. The van der Waals surface area contributed by atoms with E-state index in [-0.39, 0.29) is 13.2 Å². The molecule has 0 aliphatic rings. The lowest BCUT2D eigenvalue weighted by Crippen LogP contribution is -2.07. The van der Waals surface area contributed by atoms with Gasteiger partial charge in [-0.05, 0) is 34.4 Å². The molecule has 2 aromatic heterocycles. The summed E-state index contributed by atoms with van der Waals surface area (Å²) in [5.74, 6) is 0. The van der Waals surface area contributed by atoms with Crippen molar-refractivity contribution in [3.8, 4) is 0 Å². The predicted molar refractivity (Wildman–Crippen MR) is 113 cm³/mol. The smallest absolute Gasteiger partial charge is 0.429 e. The number of benzene rings is 2. The van der Waals surface area contributed by atoms with Gasteiger partial charge in [0.25, 0.3) is 0 Å². The van der Waals surface area contributed by atoms with Crippen LogP contribution in [-0.4, -0.2) is 20.3 Å². The summed E-state index contributed by atoms with van der Waals surface area (Å²) in [7, 11) is 0. The van der Waals surface area contributed by atoms with Gasteiger partial charge in [0, 0.05) is 37.9 Å². The Morgan fingerprint density at radius 1 is 0.700 bits per heavy atom. The number of carbonyl (C=O) groups excluding carboxylic acids is 1.